The first kappa shape index (κ1) is 17.6. The van der Waals surface area contributed by atoms with Crippen molar-refractivity contribution in [3.05, 3.63) is 70.4 Å². The van der Waals surface area contributed by atoms with Crippen molar-refractivity contribution in [2.24, 2.45) is 0 Å². The Hall–Kier alpha value is -3.48. The number of aromatic amines is 2. The van der Waals surface area contributed by atoms with Gasteiger partial charge in [0.05, 0.1) is 34.1 Å². The topological polar surface area (TPSA) is 94.7 Å². The molecule has 3 heterocycles. The maximum absolute atomic E-state index is 13.4. The Labute approximate surface area is 166 Å². The van der Waals surface area contributed by atoms with Gasteiger partial charge in [-0.25, -0.2) is 10.1 Å². The number of aromatic nitrogens is 4. The van der Waals surface area contributed by atoms with Gasteiger partial charge in [0.1, 0.15) is 5.82 Å². The summed E-state index contributed by atoms with van der Waals surface area (Å²) in [5.74, 6) is 0.350. The van der Waals surface area contributed by atoms with E-state index in [0.717, 1.165) is 35.1 Å². The molecule has 1 aliphatic rings. The molecule has 0 saturated carbocycles. The standard InChI is InChI=1S/C22H21N5O2/c1-13(19-14-7-2-3-8-15(14)21(28)26-25-19)22(29)27-12-6-11-18(27)20-23-16-9-4-5-10-17(16)24-20/h2-5,7-10,13,18H,6,11-12H2,1H3,(H,23,24)(H,26,28). The van der Waals surface area contributed by atoms with Crippen LogP contribution in [-0.2, 0) is 4.79 Å². The van der Waals surface area contributed by atoms with Gasteiger partial charge in [-0.2, -0.15) is 5.10 Å². The normalized spacial score (nSPS) is 17.8. The Kier molecular flexibility index (Phi) is 4.16. The Bertz CT molecular complexity index is 1240. The Morgan fingerprint density at radius 2 is 1.90 bits per heavy atom. The molecule has 146 valence electrons. The number of benzene rings is 2. The van der Waals surface area contributed by atoms with E-state index in [1.807, 2.05) is 54.3 Å². The first-order valence-corrected chi connectivity index (χ1v) is 9.86. The fourth-order valence-corrected chi connectivity index (χ4v) is 4.28. The van der Waals surface area contributed by atoms with Crippen molar-refractivity contribution in [2.75, 3.05) is 6.54 Å². The minimum atomic E-state index is -0.471. The molecule has 2 atom stereocenters. The second-order valence-corrected chi connectivity index (χ2v) is 7.53. The summed E-state index contributed by atoms with van der Waals surface area (Å²) in [6, 6.07) is 15.1. The summed E-state index contributed by atoms with van der Waals surface area (Å²) in [5, 5.41) is 8.03. The number of carbonyl (C=O) groups excluding carboxylic acids is 1. The fourth-order valence-electron chi connectivity index (χ4n) is 4.28. The van der Waals surface area contributed by atoms with Gasteiger partial charge in [-0.3, -0.25) is 9.59 Å². The van der Waals surface area contributed by atoms with Crippen molar-refractivity contribution in [2.45, 2.75) is 31.7 Å². The average molecular weight is 387 g/mol. The molecule has 1 fully saturated rings. The number of imidazole rings is 1. The van der Waals surface area contributed by atoms with Crippen LogP contribution in [0.3, 0.4) is 0 Å². The number of fused-ring (bicyclic) bond motifs is 2. The van der Waals surface area contributed by atoms with Crippen LogP contribution in [0.4, 0.5) is 0 Å². The second-order valence-electron chi connectivity index (χ2n) is 7.53. The molecule has 0 spiro atoms. The first-order valence-electron chi connectivity index (χ1n) is 9.86. The lowest BCUT2D eigenvalue weighted by Crippen LogP contribution is -2.35. The third-order valence-corrected chi connectivity index (χ3v) is 5.77. The molecule has 1 amide bonds. The largest absolute Gasteiger partial charge is 0.340 e. The van der Waals surface area contributed by atoms with Gasteiger partial charge in [0.15, 0.2) is 0 Å². The smallest absolute Gasteiger partial charge is 0.272 e. The summed E-state index contributed by atoms with van der Waals surface area (Å²) in [4.78, 5) is 35.5. The van der Waals surface area contributed by atoms with E-state index in [2.05, 4.69) is 15.2 Å². The number of rotatable bonds is 3. The van der Waals surface area contributed by atoms with Gasteiger partial charge in [-0.15, -0.1) is 0 Å². The van der Waals surface area contributed by atoms with Gasteiger partial charge >= 0.3 is 0 Å². The Morgan fingerprint density at radius 1 is 1.14 bits per heavy atom. The maximum atomic E-state index is 13.4. The second kappa shape index (κ2) is 6.84. The van der Waals surface area contributed by atoms with Crippen molar-refractivity contribution in [1.29, 1.82) is 0 Å². The van der Waals surface area contributed by atoms with E-state index in [0.29, 0.717) is 17.6 Å². The Balaban J connectivity index is 1.49. The van der Waals surface area contributed by atoms with Crippen LogP contribution in [0.1, 0.15) is 43.2 Å². The van der Waals surface area contributed by atoms with Crippen LogP contribution in [0.15, 0.2) is 53.3 Å². The van der Waals surface area contributed by atoms with Crippen LogP contribution in [0, 0.1) is 0 Å². The lowest BCUT2D eigenvalue weighted by Gasteiger charge is -2.26. The van der Waals surface area contributed by atoms with E-state index in [-0.39, 0.29) is 17.5 Å². The van der Waals surface area contributed by atoms with Gasteiger partial charge in [0, 0.05) is 11.9 Å². The SMILES string of the molecule is CC(C(=O)N1CCCC1c1nc2ccccc2[nH]1)c1n[nH]c(=O)c2ccccc12. The van der Waals surface area contributed by atoms with Gasteiger partial charge < -0.3 is 9.88 Å². The van der Waals surface area contributed by atoms with E-state index >= 15 is 0 Å². The third kappa shape index (κ3) is 2.90. The summed E-state index contributed by atoms with van der Waals surface area (Å²) in [6.45, 7) is 2.54. The van der Waals surface area contributed by atoms with Crippen LogP contribution in [0.5, 0.6) is 0 Å². The lowest BCUT2D eigenvalue weighted by molar-refractivity contribution is -0.133. The van der Waals surface area contributed by atoms with E-state index in [1.54, 1.807) is 6.07 Å². The number of hydrogen-bond acceptors (Lipinski definition) is 4. The zero-order chi connectivity index (χ0) is 20.0. The highest BCUT2D eigenvalue weighted by Crippen LogP contribution is 2.34. The van der Waals surface area contributed by atoms with Crippen LogP contribution < -0.4 is 5.56 Å². The number of hydrogen-bond donors (Lipinski definition) is 2. The summed E-state index contributed by atoms with van der Waals surface area (Å²) in [6.07, 6.45) is 1.80. The molecule has 1 saturated heterocycles. The summed E-state index contributed by atoms with van der Waals surface area (Å²) in [7, 11) is 0. The number of carbonyl (C=O) groups is 1. The van der Waals surface area contributed by atoms with Gasteiger partial charge in [0.25, 0.3) is 5.56 Å². The molecule has 4 aromatic rings. The average Bonchev–Trinajstić information content (AvgIpc) is 3.40. The van der Waals surface area contributed by atoms with Gasteiger partial charge in [0.2, 0.25) is 5.91 Å². The molecule has 7 nitrogen and oxygen atoms in total. The first-order chi connectivity index (χ1) is 14.1. The highest BCUT2D eigenvalue weighted by molar-refractivity contribution is 5.91. The molecule has 1 aliphatic heterocycles. The van der Waals surface area contributed by atoms with Crippen LogP contribution in [0.2, 0.25) is 0 Å². The van der Waals surface area contributed by atoms with E-state index in [1.165, 1.54) is 0 Å². The number of likely N-dealkylation sites (tertiary alicyclic amines) is 1. The molecule has 0 aliphatic carbocycles. The molecular weight excluding hydrogens is 366 g/mol. The van der Waals surface area contributed by atoms with E-state index in [9.17, 15) is 9.59 Å². The monoisotopic (exact) mass is 387 g/mol. The molecule has 2 N–H and O–H groups in total. The number of para-hydroxylation sites is 2. The van der Waals surface area contributed by atoms with Gasteiger partial charge in [-0.1, -0.05) is 30.3 Å². The van der Waals surface area contributed by atoms with Crippen LogP contribution in [0.25, 0.3) is 21.8 Å². The molecular formula is C22H21N5O2. The molecule has 29 heavy (non-hydrogen) atoms. The van der Waals surface area contributed by atoms with Crippen molar-refractivity contribution < 1.29 is 4.79 Å². The quantitative estimate of drug-likeness (QED) is 0.564. The highest BCUT2D eigenvalue weighted by Gasteiger charge is 2.35. The maximum Gasteiger partial charge on any atom is 0.272 e. The zero-order valence-electron chi connectivity index (χ0n) is 16.1. The third-order valence-electron chi connectivity index (χ3n) is 5.77. The van der Waals surface area contributed by atoms with Crippen molar-refractivity contribution in [1.82, 2.24) is 25.1 Å². The zero-order valence-corrected chi connectivity index (χ0v) is 16.1. The Morgan fingerprint density at radius 3 is 2.72 bits per heavy atom. The van der Waals surface area contributed by atoms with E-state index < -0.39 is 5.92 Å². The number of nitrogens with zero attached hydrogens (tertiary/aromatic N) is 3. The number of amides is 1. The van der Waals surface area contributed by atoms with Gasteiger partial charge in [-0.05, 0) is 38.0 Å². The van der Waals surface area contributed by atoms with Crippen LogP contribution in [-0.4, -0.2) is 37.5 Å². The summed E-state index contributed by atoms with van der Waals surface area (Å²) in [5.41, 5.74) is 2.23. The predicted octanol–water partition coefficient (Wildman–Crippen LogP) is 3.27. The molecule has 0 bridgehead atoms. The number of H-pyrrole nitrogens is 2. The molecule has 2 aromatic heterocycles. The fraction of sp³-hybridized carbons (Fsp3) is 0.273. The van der Waals surface area contributed by atoms with Crippen molar-refractivity contribution >= 4 is 27.7 Å². The van der Waals surface area contributed by atoms with E-state index in [4.69, 9.17) is 4.98 Å². The van der Waals surface area contributed by atoms with Crippen molar-refractivity contribution in [3.8, 4) is 0 Å². The molecule has 5 rings (SSSR count). The minimum Gasteiger partial charge on any atom is -0.340 e. The molecule has 2 unspecified atom stereocenters. The lowest BCUT2D eigenvalue weighted by atomic mass is 10.00. The minimum absolute atomic E-state index is 0.00217. The highest BCUT2D eigenvalue weighted by atomic mass is 16.2. The predicted molar refractivity (Wildman–Crippen MR) is 111 cm³/mol. The summed E-state index contributed by atoms with van der Waals surface area (Å²) < 4.78 is 0. The molecule has 2 aromatic carbocycles. The van der Waals surface area contributed by atoms with Crippen molar-refractivity contribution in [3.63, 3.8) is 0 Å². The summed E-state index contributed by atoms with van der Waals surface area (Å²) >= 11 is 0. The molecule has 7 heteroatoms. The molecule has 0 radical (unpaired) electrons. The number of nitrogens with one attached hydrogen (secondary N) is 2. The van der Waals surface area contributed by atoms with Crippen LogP contribution >= 0.6 is 0 Å².